The van der Waals surface area contributed by atoms with Crippen LogP contribution in [0.5, 0.6) is 0 Å². The number of nitrogens with one attached hydrogen (secondary N) is 1. The minimum Gasteiger partial charge on any atom is -0.352 e. The molecule has 0 bridgehead atoms. The molecule has 0 saturated carbocycles. The lowest BCUT2D eigenvalue weighted by atomic mass is 10.1. The third kappa shape index (κ3) is 7.02. The van der Waals surface area contributed by atoms with E-state index in [0.717, 1.165) is 23.9 Å². The van der Waals surface area contributed by atoms with Crippen molar-refractivity contribution in [2.45, 2.75) is 31.0 Å². The van der Waals surface area contributed by atoms with Crippen LogP contribution in [0.4, 0.5) is 0 Å². The van der Waals surface area contributed by atoms with Crippen LogP contribution >= 0.6 is 27.7 Å². The van der Waals surface area contributed by atoms with Gasteiger partial charge in [-0.25, -0.2) is 0 Å². The predicted octanol–water partition coefficient (Wildman–Crippen LogP) is 4.23. The van der Waals surface area contributed by atoms with Gasteiger partial charge in [-0.05, 0) is 42.5 Å². The van der Waals surface area contributed by atoms with Gasteiger partial charge in [-0.2, -0.15) is 11.8 Å². The molecule has 4 heteroatoms. The smallest absolute Gasteiger partial charge is 0.251 e. The highest BCUT2D eigenvalue weighted by molar-refractivity contribution is 9.08. The monoisotopic (exact) mass is 343 g/mol. The summed E-state index contributed by atoms with van der Waals surface area (Å²) in [5, 5.41) is 3.80. The van der Waals surface area contributed by atoms with Crippen molar-refractivity contribution in [3.8, 4) is 0 Å². The first-order chi connectivity index (χ1) is 9.27. The first-order valence-corrected chi connectivity index (χ1v) is 9.21. The summed E-state index contributed by atoms with van der Waals surface area (Å²) < 4.78 is 0. The van der Waals surface area contributed by atoms with Crippen LogP contribution in [0.2, 0.25) is 0 Å². The second-order valence-corrected chi connectivity index (χ2v) is 6.04. The summed E-state index contributed by atoms with van der Waals surface area (Å²) in [7, 11) is 0. The van der Waals surface area contributed by atoms with E-state index in [-0.39, 0.29) is 5.91 Å². The number of alkyl halides is 1. The van der Waals surface area contributed by atoms with E-state index in [2.05, 4.69) is 27.5 Å². The van der Waals surface area contributed by atoms with E-state index in [9.17, 15) is 4.79 Å². The van der Waals surface area contributed by atoms with Crippen LogP contribution < -0.4 is 5.32 Å². The second kappa shape index (κ2) is 10.3. The Hall–Kier alpha value is -0.480. The summed E-state index contributed by atoms with van der Waals surface area (Å²) >= 11 is 5.29. The zero-order chi connectivity index (χ0) is 13.9. The third-order valence-electron chi connectivity index (χ3n) is 2.93. The van der Waals surface area contributed by atoms with Crippen molar-refractivity contribution in [2.75, 3.05) is 18.6 Å². The van der Waals surface area contributed by atoms with E-state index >= 15 is 0 Å². The Kier molecular flexibility index (Phi) is 9.01. The van der Waals surface area contributed by atoms with Crippen molar-refractivity contribution in [3.63, 3.8) is 0 Å². The molecule has 1 amide bonds. The number of carbonyl (C=O) groups excluding carboxylic acids is 1. The topological polar surface area (TPSA) is 29.1 Å². The summed E-state index contributed by atoms with van der Waals surface area (Å²) in [5.41, 5.74) is 1.93. The molecule has 2 nitrogen and oxygen atoms in total. The first kappa shape index (κ1) is 16.6. The van der Waals surface area contributed by atoms with Crippen LogP contribution in [-0.4, -0.2) is 24.5 Å². The molecule has 1 aromatic carbocycles. The normalized spacial score (nSPS) is 10.4. The fourth-order valence-corrected chi connectivity index (χ4v) is 2.64. The summed E-state index contributed by atoms with van der Waals surface area (Å²) in [6.45, 7) is 0.776. The van der Waals surface area contributed by atoms with Gasteiger partial charge >= 0.3 is 0 Å². The van der Waals surface area contributed by atoms with E-state index in [1.807, 2.05) is 36.0 Å². The lowest BCUT2D eigenvalue weighted by Crippen LogP contribution is -2.24. The fourth-order valence-electron chi connectivity index (χ4n) is 1.77. The van der Waals surface area contributed by atoms with Crippen LogP contribution in [0.15, 0.2) is 24.3 Å². The SMILES string of the molecule is CSCCCCCCNC(=O)c1ccc(CBr)cc1. The quantitative estimate of drug-likeness (QED) is 0.536. The number of carbonyl (C=O) groups is 1. The Morgan fingerprint density at radius 3 is 2.47 bits per heavy atom. The molecule has 0 unspecified atom stereocenters. The molecule has 0 aliphatic carbocycles. The summed E-state index contributed by atoms with van der Waals surface area (Å²) in [5.74, 6) is 1.27. The Morgan fingerprint density at radius 1 is 1.16 bits per heavy atom. The highest BCUT2D eigenvalue weighted by atomic mass is 79.9. The van der Waals surface area contributed by atoms with Crippen molar-refractivity contribution in [1.82, 2.24) is 5.32 Å². The zero-order valence-corrected chi connectivity index (χ0v) is 13.9. The molecular weight excluding hydrogens is 322 g/mol. The number of benzene rings is 1. The maximum atomic E-state index is 11.9. The zero-order valence-electron chi connectivity index (χ0n) is 11.5. The molecule has 0 spiro atoms. The predicted molar refractivity (Wildman–Crippen MR) is 88.3 cm³/mol. The van der Waals surface area contributed by atoms with Gasteiger partial charge in [-0.3, -0.25) is 4.79 Å². The molecule has 0 fully saturated rings. The number of rotatable bonds is 9. The number of halogens is 1. The van der Waals surface area contributed by atoms with E-state index in [1.165, 1.54) is 30.6 Å². The van der Waals surface area contributed by atoms with Crippen LogP contribution in [-0.2, 0) is 5.33 Å². The van der Waals surface area contributed by atoms with Gasteiger partial charge in [0.05, 0.1) is 0 Å². The molecular formula is C15H22BrNOS. The molecule has 0 heterocycles. The molecule has 0 radical (unpaired) electrons. The largest absolute Gasteiger partial charge is 0.352 e. The second-order valence-electron chi connectivity index (χ2n) is 4.49. The van der Waals surface area contributed by atoms with Crippen molar-refractivity contribution in [1.29, 1.82) is 0 Å². The molecule has 19 heavy (non-hydrogen) atoms. The molecule has 1 rings (SSSR count). The Bertz CT molecular complexity index is 367. The van der Waals surface area contributed by atoms with Gasteiger partial charge in [0, 0.05) is 17.4 Å². The van der Waals surface area contributed by atoms with Gasteiger partial charge in [-0.1, -0.05) is 40.9 Å². The number of unbranched alkanes of at least 4 members (excludes halogenated alkanes) is 3. The summed E-state index contributed by atoms with van der Waals surface area (Å²) in [4.78, 5) is 11.9. The molecule has 106 valence electrons. The van der Waals surface area contributed by atoms with Crippen LogP contribution in [0.1, 0.15) is 41.6 Å². The van der Waals surface area contributed by atoms with Crippen molar-refractivity contribution < 1.29 is 4.79 Å². The molecule has 0 aliphatic heterocycles. The minimum atomic E-state index is 0.0326. The lowest BCUT2D eigenvalue weighted by Gasteiger charge is -2.05. The minimum absolute atomic E-state index is 0.0326. The van der Waals surface area contributed by atoms with Crippen LogP contribution in [0.25, 0.3) is 0 Å². The lowest BCUT2D eigenvalue weighted by molar-refractivity contribution is 0.0953. The van der Waals surface area contributed by atoms with E-state index in [0.29, 0.717) is 0 Å². The standard InChI is InChI=1S/C15H22BrNOS/c1-19-11-5-3-2-4-10-17-15(18)14-8-6-13(12-16)7-9-14/h6-9H,2-5,10-12H2,1H3,(H,17,18). The molecule has 1 aromatic rings. The molecule has 0 atom stereocenters. The maximum absolute atomic E-state index is 11.9. The molecule has 0 aromatic heterocycles. The van der Waals surface area contributed by atoms with E-state index in [1.54, 1.807) is 0 Å². The van der Waals surface area contributed by atoms with E-state index in [4.69, 9.17) is 0 Å². The van der Waals surface area contributed by atoms with Crippen LogP contribution in [0.3, 0.4) is 0 Å². The van der Waals surface area contributed by atoms with Crippen molar-refractivity contribution >= 4 is 33.6 Å². The number of hydrogen-bond donors (Lipinski definition) is 1. The average Bonchev–Trinajstić information content (AvgIpc) is 2.46. The number of amides is 1. The Balaban J connectivity index is 2.16. The number of thioether (sulfide) groups is 1. The van der Waals surface area contributed by atoms with Crippen LogP contribution in [0, 0.1) is 0 Å². The maximum Gasteiger partial charge on any atom is 0.251 e. The number of hydrogen-bond acceptors (Lipinski definition) is 2. The van der Waals surface area contributed by atoms with Gasteiger partial charge in [0.15, 0.2) is 0 Å². The fraction of sp³-hybridized carbons (Fsp3) is 0.533. The first-order valence-electron chi connectivity index (χ1n) is 6.70. The molecule has 0 saturated heterocycles. The van der Waals surface area contributed by atoms with Gasteiger partial charge in [0.1, 0.15) is 0 Å². The van der Waals surface area contributed by atoms with Gasteiger partial charge in [0.2, 0.25) is 0 Å². The van der Waals surface area contributed by atoms with Crippen molar-refractivity contribution in [3.05, 3.63) is 35.4 Å². The Labute approximate surface area is 128 Å². The summed E-state index contributed by atoms with van der Waals surface area (Å²) in [6.07, 6.45) is 6.95. The summed E-state index contributed by atoms with van der Waals surface area (Å²) in [6, 6.07) is 7.72. The van der Waals surface area contributed by atoms with Crippen molar-refractivity contribution in [2.24, 2.45) is 0 Å². The highest BCUT2D eigenvalue weighted by Crippen LogP contribution is 2.08. The molecule has 0 aliphatic rings. The highest BCUT2D eigenvalue weighted by Gasteiger charge is 2.03. The third-order valence-corrected chi connectivity index (χ3v) is 4.28. The molecule has 1 N–H and O–H groups in total. The van der Waals surface area contributed by atoms with Gasteiger partial charge < -0.3 is 5.32 Å². The average molecular weight is 344 g/mol. The van der Waals surface area contributed by atoms with Gasteiger partial charge in [-0.15, -0.1) is 0 Å². The van der Waals surface area contributed by atoms with E-state index < -0.39 is 0 Å². The Morgan fingerprint density at radius 2 is 1.84 bits per heavy atom. The van der Waals surface area contributed by atoms with Gasteiger partial charge in [0.25, 0.3) is 5.91 Å².